The third kappa shape index (κ3) is 4.08. The Labute approximate surface area is 134 Å². The molecule has 21 heavy (non-hydrogen) atoms. The molecule has 1 amide bonds. The van der Waals surface area contributed by atoms with Crippen LogP contribution in [0.3, 0.4) is 0 Å². The van der Waals surface area contributed by atoms with Crippen LogP contribution in [0, 0.1) is 6.92 Å². The third-order valence-electron chi connectivity index (χ3n) is 3.35. The summed E-state index contributed by atoms with van der Waals surface area (Å²) in [5.74, 6) is -0.0505. The number of nitrogens with zero attached hydrogens (tertiary/aromatic N) is 1. The van der Waals surface area contributed by atoms with Gasteiger partial charge < -0.3 is 10.2 Å². The lowest BCUT2D eigenvalue weighted by Gasteiger charge is -2.13. The number of aryl methyl sites for hydroxylation is 1. The van der Waals surface area contributed by atoms with Crippen molar-refractivity contribution in [2.75, 3.05) is 19.0 Å². The Morgan fingerprint density at radius 3 is 2.43 bits per heavy atom. The molecule has 3 nitrogen and oxygen atoms in total. The highest BCUT2D eigenvalue weighted by atomic mass is 79.9. The lowest BCUT2D eigenvalue weighted by atomic mass is 10.1. The van der Waals surface area contributed by atoms with Gasteiger partial charge in [0.1, 0.15) is 0 Å². The summed E-state index contributed by atoms with van der Waals surface area (Å²) in [5, 5.41) is 2.96. The first-order valence-corrected chi connectivity index (χ1v) is 7.57. The fraction of sp³-hybridized carbons (Fsp3) is 0.235. The molecule has 0 aromatic heterocycles. The van der Waals surface area contributed by atoms with Gasteiger partial charge in [0.2, 0.25) is 0 Å². The molecule has 2 aromatic rings. The van der Waals surface area contributed by atoms with Crippen molar-refractivity contribution in [3.8, 4) is 0 Å². The van der Waals surface area contributed by atoms with Gasteiger partial charge in [-0.2, -0.15) is 0 Å². The summed E-state index contributed by atoms with van der Waals surface area (Å²) >= 11 is 3.40. The molecule has 0 fully saturated rings. The van der Waals surface area contributed by atoms with Gasteiger partial charge in [0.15, 0.2) is 0 Å². The van der Waals surface area contributed by atoms with Crippen LogP contribution in [0.5, 0.6) is 0 Å². The van der Waals surface area contributed by atoms with Gasteiger partial charge >= 0.3 is 0 Å². The van der Waals surface area contributed by atoms with Crippen LogP contribution in [0.1, 0.15) is 21.5 Å². The molecule has 0 unspecified atom stereocenters. The van der Waals surface area contributed by atoms with Crippen molar-refractivity contribution in [1.82, 2.24) is 5.32 Å². The van der Waals surface area contributed by atoms with Gasteiger partial charge in [-0.1, -0.05) is 34.1 Å². The number of hydrogen-bond acceptors (Lipinski definition) is 2. The molecule has 4 heteroatoms. The van der Waals surface area contributed by atoms with Crippen molar-refractivity contribution in [1.29, 1.82) is 0 Å². The minimum atomic E-state index is -0.0505. The van der Waals surface area contributed by atoms with E-state index in [0.717, 1.165) is 21.3 Å². The average molecular weight is 347 g/mol. The summed E-state index contributed by atoms with van der Waals surface area (Å²) in [6.45, 7) is 2.46. The van der Waals surface area contributed by atoms with Crippen LogP contribution in [-0.2, 0) is 6.54 Å². The number of amides is 1. The summed E-state index contributed by atoms with van der Waals surface area (Å²) < 4.78 is 0.911. The Balaban J connectivity index is 2.02. The summed E-state index contributed by atoms with van der Waals surface area (Å²) in [7, 11) is 4.01. The Bertz CT molecular complexity index is 636. The molecule has 1 N–H and O–H groups in total. The molecule has 0 saturated heterocycles. The number of carbonyl (C=O) groups excluding carboxylic acids is 1. The van der Waals surface area contributed by atoms with E-state index >= 15 is 0 Å². The van der Waals surface area contributed by atoms with Crippen LogP contribution >= 0.6 is 15.9 Å². The van der Waals surface area contributed by atoms with Gasteiger partial charge in [-0.25, -0.2) is 0 Å². The Morgan fingerprint density at radius 1 is 1.14 bits per heavy atom. The minimum Gasteiger partial charge on any atom is -0.378 e. The summed E-state index contributed by atoms with van der Waals surface area (Å²) in [4.78, 5) is 14.3. The van der Waals surface area contributed by atoms with Gasteiger partial charge in [-0.15, -0.1) is 0 Å². The Morgan fingerprint density at radius 2 is 1.81 bits per heavy atom. The van der Waals surface area contributed by atoms with Gasteiger partial charge in [-0.05, 0) is 42.3 Å². The molecule has 0 saturated carbocycles. The van der Waals surface area contributed by atoms with E-state index in [-0.39, 0.29) is 5.91 Å². The second-order valence-electron chi connectivity index (χ2n) is 5.20. The molecule has 0 atom stereocenters. The fourth-order valence-corrected chi connectivity index (χ4v) is 2.39. The predicted molar refractivity (Wildman–Crippen MR) is 90.8 cm³/mol. The van der Waals surface area contributed by atoms with E-state index in [4.69, 9.17) is 0 Å². The van der Waals surface area contributed by atoms with E-state index in [1.807, 2.05) is 68.4 Å². The first kappa shape index (κ1) is 15.6. The number of benzene rings is 2. The van der Waals surface area contributed by atoms with Crippen LogP contribution in [0.4, 0.5) is 5.69 Å². The zero-order valence-corrected chi connectivity index (χ0v) is 14.1. The molecule has 110 valence electrons. The fourth-order valence-electron chi connectivity index (χ4n) is 2.03. The van der Waals surface area contributed by atoms with Gasteiger partial charge in [-0.3, -0.25) is 4.79 Å². The van der Waals surface area contributed by atoms with Crippen molar-refractivity contribution in [3.05, 3.63) is 63.6 Å². The topological polar surface area (TPSA) is 32.3 Å². The average Bonchev–Trinajstić information content (AvgIpc) is 2.47. The number of rotatable bonds is 4. The first-order chi connectivity index (χ1) is 9.97. The highest BCUT2D eigenvalue weighted by Gasteiger charge is 2.09. The quantitative estimate of drug-likeness (QED) is 0.914. The second-order valence-corrected chi connectivity index (χ2v) is 6.12. The van der Waals surface area contributed by atoms with Crippen LogP contribution in [-0.4, -0.2) is 20.0 Å². The predicted octanol–water partition coefficient (Wildman–Crippen LogP) is 3.75. The monoisotopic (exact) mass is 346 g/mol. The lowest BCUT2D eigenvalue weighted by molar-refractivity contribution is 0.0950. The third-order valence-corrected chi connectivity index (χ3v) is 3.84. The minimum absolute atomic E-state index is 0.0505. The molecular formula is C17H19BrN2O. The van der Waals surface area contributed by atoms with Crippen molar-refractivity contribution in [2.24, 2.45) is 0 Å². The van der Waals surface area contributed by atoms with Crippen molar-refractivity contribution in [2.45, 2.75) is 13.5 Å². The molecule has 2 aromatic carbocycles. The molecule has 0 aliphatic carbocycles. The molecule has 0 bridgehead atoms. The maximum absolute atomic E-state index is 12.2. The zero-order chi connectivity index (χ0) is 15.4. The zero-order valence-electron chi connectivity index (χ0n) is 12.5. The smallest absolute Gasteiger partial charge is 0.251 e. The maximum atomic E-state index is 12.2. The Hall–Kier alpha value is -1.81. The van der Waals surface area contributed by atoms with Crippen molar-refractivity contribution in [3.63, 3.8) is 0 Å². The van der Waals surface area contributed by atoms with Crippen LogP contribution in [0.25, 0.3) is 0 Å². The summed E-state index contributed by atoms with van der Waals surface area (Å²) in [6.07, 6.45) is 0. The van der Waals surface area contributed by atoms with E-state index < -0.39 is 0 Å². The van der Waals surface area contributed by atoms with Crippen molar-refractivity contribution >= 4 is 27.5 Å². The van der Waals surface area contributed by atoms with Gasteiger partial charge in [0.25, 0.3) is 5.91 Å². The number of hydrogen-bond donors (Lipinski definition) is 1. The van der Waals surface area contributed by atoms with E-state index in [1.165, 1.54) is 0 Å². The maximum Gasteiger partial charge on any atom is 0.251 e. The number of anilines is 1. The van der Waals surface area contributed by atoms with Gasteiger partial charge in [0.05, 0.1) is 0 Å². The first-order valence-electron chi connectivity index (χ1n) is 6.78. The van der Waals surface area contributed by atoms with E-state index in [0.29, 0.717) is 12.1 Å². The molecule has 0 spiro atoms. The molecule has 0 aliphatic rings. The van der Waals surface area contributed by atoms with Crippen molar-refractivity contribution < 1.29 is 4.79 Å². The summed E-state index contributed by atoms with van der Waals surface area (Å²) in [5.41, 5.74) is 3.91. The highest BCUT2D eigenvalue weighted by molar-refractivity contribution is 9.10. The van der Waals surface area contributed by atoms with Crippen LogP contribution < -0.4 is 10.2 Å². The number of halogens is 1. The van der Waals surface area contributed by atoms with E-state index in [2.05, 4.69) is 21.2 Å². The molecule has 0 heterocycles. The normalized spacial score (nSPS) is 10.3. The van der Waals surface area contributed by atoms with Crippen LogP contribution in [0.2, 0.25) is 0 Å². The number of nitrogens with one attached hydrogen (secondary N) is 1. The molecule has 0 radical (unpaired) electrons. The second kappa shape index (κ2) is 6.76. The highest BCUT2D eigenvalue weighted by Crippen LogP contribution is 2.16. The standard InChI is InChI=1S/C17H19BrN2O/c1-12-4-7-14(18)10-16(12)17(21)19-11-13-5-8-15(9-6-13)20(2)3/h4-10H,11H2,1-3H3,(H,19,21). The summed E-state index contributed by atoms with van der Waals surface area (Å²) in [6, 6.07) is 13.9. The Kier molecular flexibility index (Phi) is 5.02. The largest absolute Gasteiger partial charge is 0.378 e. The van der Waals surface area contributed by atoms with E-state index in [9.17, 15) is 4.79 Å². The lowest BCUT2D eigenvalue weighted by Crippen LogP contribution is -2.23. The van der Waals surface area contributed by atoms with Gasteiger partial charge in [0, 0.05) is 36.4 Å². The molecule has 0 aliphatic heterocycles. The van der Waals surface area contributed by atoms with Crippen LogP contribution in [0.15, 0.2) is 46.9 Å². The van der Waals surface area contributed by atoms with E-state index in [1.54, 1.807) is 0 Å². The SMILES string of the molecule is Cc1ccc(Br)cc1C(=O)NCc1ccc(N(C)C)cc1. The molecular weight excluding hydrogens is 328 g/mol. The number of carbonyl (C=O) groups is 1. The molecule has 2 rings (SSSR count).